The van der Waals surface area contributed by atoms with Crippen LogP contribution in [0.25, 0.3) is 11.0 Å². The molecule has 0 saturated carbocycles. The van der Waals surface area contributed by atoms with Crippen molar-refractivity contribution in [2.45, 2.75) is 18.8 Å². The second-order valence-corrected chi connectivity index (χ2v) is 4.05. The maximum absolute atomic E-state index is 13.3. The normalized spacial score (nSPS) is 18.1. The van der Waals surface area contributed by atoms with Crippen molar-refractivity contribution in [3.05, 3.63) is 23.8 Å². The van der Waals surface area contributed by atoms with Crippen LogP contribution in [0.3, 0.4) is 0 Å². The van der Waals surface area contributed by atoms with Gasteiger partial charge >= 0.3 is 0 Å². The lowest BCUT2D eigenvalue weighted by Crippen LogP contribution is -2.14. The third kappa shape index (κ3) is 1.57. The summed E-state index contributed by atoms with van der Waals surface area (Å²) in [6.07, 6.45) is 3.58. The number of hydrogen-bond donors (Lipinski definition) is 1. The lowest BCUT2D eigenvalue weighted by Gasteiger charge is -2.22. The molecular weight excluding hydrogens is 209 g/mol. The zero-order valence-corrected chi connectivity index (χ0v) is 8.74. The number of pyridine rings is 1. The van der Waals surface area contributed by atoms with Gasteiger partial charge in [0.05, 0.1) is 6.20 Å². The van der Waals surface area contributed by atoms with Gasteiger partial charge in [0.15, 0.2) is 5.65 Å². The Morgan fingerprint density at radius 2 is 2.19 bits per heavy atom. The Balaban J connectivity index is 2.09. The number of hydrogen-bond acceptors (Lipinski definition) is 3. The summed E-state index contributed by atoms with van der Waals surface area (Å²) in [5.41, 5.74) is 1.53. The molecule has 0 aliphatic carbocycles. The molecule has 0 aromatic carbocycles. The first-order valence-electron chi connectivity index (χ1n) is 5.42. The minimum absolute atomic E-state index is 0.353. The van der Waals surface area contributed by atoms with Gasteiger partial charge < -0.3 is 4.74 Å². The van der Waals surface area contributed by atoms with Gasteiger partial charge in [0.25, 0.3) is 0 Å². The number of aromatic nitrogens is 3. The number of ether oxygens (including phenoxy) is 1. The predicted molar refractivity (Wildman–Crippen MR) is 56.6 cm³/mol. The fourth-order valence-electron chi connectivity index (χ4n) is 2.27. The maximum atomic E-state index is 13.3. The summed E-state index contributed by atoms with van der Waals surface area (Å²) in [5.74, 6) is -0.0930. The molecule has 2 aromatic rings. The molecule has 3 heterocycles. The summed E-state index contributed by atoms with van der Waals surface area (Å²) in [6.45, 7) is 1.49. The van der Waals surface area contributed by atoms with Crippen molar-refractivity contribution in [1.82, 2.24) is 15.2 Å². The summed E-state index contributed by atoms with van der Waals surface area (Å²) in [5, 5.41) is 7.54. The second kappa shape index (κ2) is 3.83. The molecule has 0 spiro atoms. The van der Waals surface area contributed by atoms with Gasteiger partial charge in [0, 0.05) is 18.6 Å². The van der Waals surface area contributed by atoms with Gasteiger partial charge in [-0.1, -0.05) is 0 Å². The van der Waals surface area contributed by atoms with E-state index < -0.39 is 5.95 Å². The molecule has 1 aliphatic rings. The van der Waals surface area contributed by atoms with Crippen LogP contribution in [0.4, 0.5) is 4.39 Å². The van der Waals surface area contributed by atoms with Gasteiger partial charge in [0.1, 0.15) is 0 Å². The van der Waals surface area contributed by atoms with Crippen molar-refractivity contribution in [3.63, 3.8) is 0 Å². The highest BCUT2D eigenvalue weighted by atomic mass is 19.1. The van der Waals surface area contributed by atoms with E-state index in [4.69, 9.17) is 4.74 Å². The van der Waals surface area contributed by atoms with Crippen LogP contribution in [0.5, 0.6) is 0 Å². The number of aromatic amines is 1. The molecule has 16 heavy (non-hydrogen) atoms. The Morgan fingerprint density at radius 3 is 3.00 bits per heavy atom. The molecule has 0 radical (unpaired) electrons. The lowest BCUT2D eigenvalue weighted by atomic mass is 9.90. The van der Waals surface area contributed by atoms with Gasteiger partial charge in [-0.05, 0) is 30.4 Å². The van der Waals surface area contributed by atoms with Crippen molar-refractivity contribution in [2.75, 3.05) is 13.2 Å². The van der Waals surface area contributed by atoms with Crippen LogP contribution in [0.15, 0.2) is 12.3 Å². The molecule has 0 amide bonds. The molecule has 1 saturated heterocycles. The van der Waals surface area contributed by atoms with Crippen LogP contribution in [-0.2, 0) is 4.74 Å². The largest absolute Gasteiger partial charge is 0.381 e. The summed E-state index contributed by atoms with van der Waals surface area (Å²) in [4.78, 5) is 3.78. The fourth-order valence-corrected chi connectivity index (χ4v) is 2.27. The monoisotopic (exact) mass is 221 g/mol. The molecule has 1 aliphatic heterocycles. The first-order valence-corrected chi connectivity index (χ1v) is 5.42. The van der Waals surface area contributed by atoms with E-state index in [1.54, 1.807) is 6.20 Å². The van der Waals surface area contributed by atoms with Gasteiger partial charge in [-0.2, -0.15) is 9.49 Å². The van der Waals surface area contributed by atoms with Gasteiger partial charge in [0.2, 0.25) is 5.95 Å². The van der Waals surface area contributed by atoms with Crippen LogP contribution in [0, 0.1) is 5.95 Å². The number of halogens is 1. The summed E-state index contributed by atoms with van der Waals surface area (Å²) >= 11 is 0. The molecule has 2 aromatic heterocycles. The summed E-state index contributed by atoms with van der Waals surface area (Å²) < 4.78 is 18.7. The van der Waals surface area contributed by atoms with Crippen molar-refractivity contribution in [3.8, 4) is 0 Å². The number of rotatable bonds is 1. The van der Waals surface area contributed by atoms with Gasteiger partial charge in [-0.3, -0.25) is 5.10 Å². The van der Waals surface area contributed by atoms with E-state index in [1.807, 2.05) is 0 Å². The van der Waals surface area contributed by atoms with Crippen molar-refractivity contribution < 1.29 is 9.13 Å². The minimum atomic E-state index is -0.446. The standard InChI is InChI=1S/C11H12FN3O/c12-10-5-8(7-1-3-16-4-2-7)9-6-13-15-11(9)14-10/h5-7H,1-4H2,(H,13,14,15). The summed E-state index contributed by atoms with van der Waals surface area (Å²) in [7, 11) is 0. The van der Waals surface area contributed by atoms with E-state index in [2.05, 4.69) is 15.2 Å². The first-order chi connectivity index (χ1) is 7.84. The van der Waals surface area contributed by atoms with Crippen LogP contribution in [0.2, 0.25) is 0 Å². The molecule has 0 atom stereocenters. The smallest absolute Gasteiger partial charge is 0.215 e. The summed E-state index contributed by atoms with van der Waals surface area (Å²) in [6, 6.07) is 1.52. The van der Waals surface area contributed by atoms with E-state index in [0.717, 1.165) is 37.0 Å². The average Bonchev–Trinajstić information content (AvgIpc) is 2.77. The molecule has 84 valence electrons. The second-order valence-electron chi connectivity index (χ2n) is 4.05. The number of fused-ring (bicyclic) bond motifs is 1. The Hall–Kier alpha value is -1.49. The number of H-pyrrole nitrogens is 1. The van der Waals surface area contributed by atoms with E-state index >= 15 is 0 Å². The van der Waals surface area contributed by atoms with Gasteiger partial charge in [-0.15, -0.1) is 0 Å². The highest BCUT2D eigenvalue weighted by molar-refractivity contribution is 5.78. The van der Waals surface area contributed by atoms with Crippen LogP contribution >= 0.6 is 0 Å². The van der Waals surface area contributed by atoms with Crippen LogP contribution < -0.4 is 0 Å². The number of nitrogens with one attached hydrogen (secondary N) is 1. The molecule has 0 bridgehead atoms. The van der Waals surface area contributed by atoms with Gasteiger partial charge in [-0.25, -0.2) is 4.98 Å². The SMILES string of the molecule is Fc1cc(C2CCOCC2)c2cn[nH]c2n1. The molecule has 1 N–H and O–H groups in total. The Kier molecular flexibility index (Phi) is 2.32. The highest BCUT2D eigenvalue weighted by Crippen LogP contribution is 2.31. The average molecular weight is 221 g/mol. The maximum Gasteiger partial charge on any atom is 0.215 e. The third-order valence-corrected chi connectivity index (χ3v) is 3.08. The molecule has 4 nitrogen and oxygen atoms in total. The molecule has 5 heteroatoms. The fraction of sp³-hybridized carbons (Fsp3) is 0.455. The highest BCUT2D eigenvalue weighted by Gasteiger charge is 2.20. The van der Waals surface area contributed by atoms with E-state index in [0.29, 0.717) is 11.6 Å². The molecule has 1 fully saturated rings. The Labute approximate surface area is 91.8 Å². The van der Waals surface area contributed by atoms with Crippen molar-refractivity contribution in [1.29, 1.82) is 0 Å². The Bertz CT molecular complexity index is 505. The van der Waals surface area contributed by atoms with E-state index in [9.17, 15) is 4.39 Å². The minimum Gasteiger partial charge on any atom is -0.381 e. The third-order valence-electron chi connectivity index (χ3n) is 3.08. The zero-order valence-electron chi connectivity index (χ0n) is 8.74. The number of nitrogens with zero attached hydrogens (tertiary/aromatic N) is 2. The van der Waals surface area contributed by atoms with Crippen molar-refractivity contribution in [2.24, 2.45) is 0 Å². The van der Waals surface area contributed by atoms with E-state index in [-0.39, 0.29) is 0 Å². The first kappa shape index (κ1) is 9.72. The molecule has 0 unspecified atom stereocenters. The lowest BCUT2D eigenvalue weighted by molar-refractivity contribution is 0.0855. The zero-order chi connectivity index (χ0) is 11.0. The Morgan fingerprint density at radius 1 is 1.38 bits per heavy atom. The van der Waals surface area contributed by atoms with Crippen LogP contribution in [-0.4, -0.2) is 28.4 Å². The molecular formula is C11H12FN3O. The van der Waals surface area contributed by atoms with E-state index in [1.165, 1.54) is 6.07 Å². The van der Waals surface area contributed by atoms with Crippen LogP contribution in [0.1, 0.15) is 24.3 Å². The molecule has 3 rings (SSSR count). The quantitative estimate of drug-likeness (QED) is 0.749. The topological polar surface area (TPSA) is 50.8 Å². The predicted octanol–water partition coefficient (Wildman–Crippen LogP) is 1.99. The van der Waals surface area contributed by atoms with Crippen molar-refractivity contribution >= 4 is 11.0 Å².